The van der Waals surface area contributed by atoms with Crippen LogP contribution >= 0.6 is 0 Å². The molecule has 2 aromatic heterocycles. The van der Waals surface area contributed by atoms with Crippen LogP contribution in [-0.4, -0.2) is 36.1 Å². The monoisotopic (exact) mass is 326 g/mol. The summed E-state index contributed by atoms with van der Waals surface area (Å²) in [6.07, 6.45) is 10.4. The van der Waals surface area contributed by atoms with Crippen LogP contribution in [0.2, 0.25) is 0 Å². The molecule has 2 fully saturated rings. The number of pyridine rings is 2. The molecule has 5 nitrogen and oxygen atoms in total. The summed E-state index contributed by atoms with van der Waals surface area (Å²) in [5.74, 6) is 0.875. The van der Waals surface area contributed by atoms with Crippen molar-refractivity contribution < 1.29 is 14.2 Å². The molecule has 1 aliphatic heterocycles. The number of methoxy groups -OCH3 is 1. The van der Waals surface area contributed by atoms with Crippen molar-refractivity contribution in [1.29, 1.82) is 0 Å². The van der Waals surface area contributed by atoms with Crippen LogP contribution in [0.15, 0.2) is 30.5 Å². The molecule has 0 radical (unpaired) electrons. The molecule has 0 atom stereocenters. The highest BCUT2D eigenvalue weighted by molar-refractivity contribution is 5.84. The Balaban J connectivity index is 1.51. The first-order chi connectivity index (χ1) is 11.8. The Morgan fingerprint density at radius 3 is 2.71 bits per heavy atom. The lowest BCUT2D eigenvalue weighted by atomic mass is 9.84. The highest BCUT2D eigenvalue weighted by atomic mass is 16.7. The normalized spacial score (nSPS) is 21.0. The number of hydrogen-bond acceptors (Lipinski definition) is 5. The van der Waals surface area contributed by atoms with Crippen LogP contribution in [0, 0.1) is 5.92 Å². The second kappa shape index (κ2) is 6.49. The first kappa shape index (κ1) is 15.5. The van der Waals surface area contributed by atoms with Gasteiger partial charge in [0.1, 0.15) is 0 Å². The molecule has 0 amide bonds. The van der Waals surface area contributed by atoms with Gasteiger partial charge in [-0.3, -0.25) is 4.98 Å². The summed E-state index contributed by atoms with van der Waals surface area (Å²) in [5.41, 5.74) is 2.84. The standard InChI is InChI=1S/C19H22N2O3/c1-22-17-5-4-16-18(21-17)15(8-11-20-16)3-2-14-6-9-19(10-7-14)23-12-13-24-19/h2-5,8,11,14H,6-7,9-10,12-13H2,1H3. The quantitative estimate of drug-likeness (QED) is 0.863. The highest BCUT2D eigenvalue weighted by Crippen LogP contribution is 2.39. The molecule has 1 saturated heterocycles. The Morgan fingerprint density at radius 2 is 1.96 bits per heavy atom. The maximum absolute atomic E-state index is 5.80. The fraction of sp³-hybridized carbons (Fsp3) is 0.474. The number of hydrogen-bond donors (Lipinski definition) is 0. The number of fused-ring (bicyclic) bond motifs is 1. The molecule has 24 heavy (non-hydrogen) atoms. The Labute approximate surface area is 141 Å². The zero-order valence-electron chi connectivity index (χ0n) is 13.9. The van der Waals surface area contributed by atoms with Gasteiger partial charge in [0.05, 0.1) is 31.4 Å². The van der Waals surface area contributed by atoms with Crippen molar-refractivity contribution >= 4 is 17.1 Å². The van der Waals surface area contributed by atoms with E-state index in [0.717, 1.165) is 55.5 Å². The highest BCUT2D eigenvalue weighted by Gasteiger charge is 2.39. The topological polar surface area (TPSA) is 53.5 Å². The average molecular weight is 326 g/mol. The van der Waals surface area contributed by atoms with E-state index in [-0.39, 0.29) is 5.79 Å². The summed E-state index contributed by atoms with van der Waals surface area (Å²) >= 11 is 0. The van der Waals surface area contributed by atoms with Gasteiger partial charge in [-0.25, -0.2) is 4.98 Å². The second-order valence-corrected chi connectivity index (χ2v) is 6.43. The van der Waals surface area contributed by atoms with E-state index < -0.39 is 0 Å². The molecule has 1 spiro atoms. The zero-order valence-corrected chi connectivity index (χ0v) is 13.9. The smallest absolute Gasteiger partial charge is 0.213 e. The summed E-state index contributed by atoms with van der Waals surface area (Å²) in [5, 5.41) is 0. The van der Waals surface area contributed by atoms with Crippen molar-refractivity contribution in [3.8, 4) is 5.88 Å². The molecule has 4 rings (SSSR count). The van der Waals surface area contributed by atoms with Crippen molar-refractivity contribution in [2.75, 3.05) is 20.3 Å². The molecule has 0 bridgehead atoms. The maximum Gasteiger partial charge on any atom is 0.213 e. The van der Waals surface area contributed by atoms with Crippen LogP contribution < -0.4 is 4.74 Å². The van der Waals surface area contributed by atoms with Crippen molar-refractivity contribution in [2.24, 2.45) is 5.92 Å². The fourth-order valence-corrected chi connectivity index (χ4v) is 3.57. The molecule has 1 aliphatic carbocycles. The van der Waals surface area contributed by atoms with Gasteiger partial charge in [0.25, 0.3) is 0 Å². The molecule has 0 unspecified atom stereocenters. The van der Waals surface area contributed by atoms with Crippen LogP contribution in [0.1, 0.15) is 31.2 Å². The van der Waals surface area contributed by atoms with Gasteiger partial charge in [-0.1, -0.05) is 12.2 Å². The van der Waals surface area contributed by atoms with Crippen LogP contribution in [0.5, 0.6) is 5.88 Å². The third-order valence-electron chi connectivity index (χ3n) is 4.95. The number of allylic oxidation sites excluding steroid dienone is 1. The largest absolute Gasteiger partial charge is 0.481 e. The number of ether oxygens (including phenoxy) is 3. The number of aromatic nitrogens is 2. The summed E-state index contributed by atoms with van der Waals surface area (Å²) in [4.78, 5) is 8.91. The lowest BCUT2D eigenvalue weighted by Gasteiger charge is -2.34. The average Bonchev–Trinajstić information content (AvgIpc) is 3.09. The SMILES string of the molecule is COc1ccc2nccc(C=CC3CCC4(CC3)OCCO4)c2n1. The van der Waals surface area contributed by atoms with E-state index in [2.05, 4.69) is 22.1 Å². The van der Waals surface area contributed by atoms with Gasteiger partial charge in [-0.15, -0.1) is 0 Å². The minimum atomic E-state index is -0.289. The van der Waals surface area contributed by atoms with Crippen molar-refractivity contribution in [3.05, 3.63) is 36.0 Å². The predicted octanol–water partition coefficient (Wildman–Crippen LogP) is 3.58. The van der Waals surface area contributed by atoms with E-state index in [1.807, 2.05) is 24.4 Å². The van der Waals surface area contributed by atoms with Crippen molar-refractivity contribution in [3.63, 3.8) is 0 Å². The second-order valence-electron chi connectivity index (χ2n) is 6.43. The predicted molar refractivity (Wildman–Crippen MR) is 91.7 cm³/mol. The number of rotatable bonds is 3. The zero-order chi connectivity index (χ0) is 16.4. The molecular weight excluding hydrogens is 304 g/mol. The lowest BCUT2D eigenvalue weighted by molar-refractivity contribution is -0.180. The van der Waals surface area contributed by atoms with Gasteiger partial charge in [0.2, 0.25) is 5.88 Å². The van der Waals surface area contributed by atoms with Crippen molar-refractivity contribution in [2.45, 2.75) is 31.5 Å². The van der Waals surface area contributed by atoms with E-state index in [1.54, 1.807) is 7.11 Å². The molecule has 1 saturated carbocycles. The molecule has 126 valence electrons. The summed E-state index contributed by atoms with van der Waals surface area (Å²) in [6, 6.07) is 5.78. The lowest BCUT2D eigenvalue weighted by Crippen LogP contribution is -2.34. The summed E-state index contributed by atoms with van der Waals surface area (Å²) in [7, 11) is 1.63. The number of nitrogens with zero attached hydrogens (tertiary/aromatic N) is 2. The van der Waals surface area contributed by atoms with Gasteiger partial charge < -0.3 is 14.2 Å². The summed E-state index contributed by atoms with van der Waals surface area (Å²) in [6.45, 7) is 1.47. The van der Waals surface area contributed by atoms with Gasteiger partial charge in [-0.05, 0) is 30.9 Å². The Kier molecular flexibility index (Phi) is 4.21. The molecule has 0 N–H and O–H groups in total. The van der Waals surface area contributed by atoms with Gasteiger partial charge in [0.15, 0.2) is 5.79 Å². The molecule has 5 heteroatoms. The Bertz CT molecular complexity index is 743. The minimum Gasteiger partial charge on any atom is -0.481 e. The first-order valence-electron chi connectivity index (χ1n) is 8.54. The van der Waals surface area contributed by atoms with Gasteiger partial charge >= 0.3 is 0 Å². The van der Waals surface area contributed by atoms with Crippen LogP contribution in [0.3, 0.4) is 0 Å². The first-order valence-corrected chi connectivity index (χ1v) is 8.54. The van der Waals surface area contributed by atoms with Crippen LogP contribution in [0.25, 0.3) is 17.1 Å². The Morgan fingerprint density at radius 1 is 1.17 bits per heavy atom. The van der Waals surface area contributed by atoms with Crippen LogP contribution in [-0.2, 0) is 9.47 Å². The molecule has 0 aromatic carbocycles. The maximum atomic E-state index is 5.80. The molecule has 3 heterocycles. The van der Waals surface area contributed by atoms with E-state index in [9.17, 15) is 0 Å². The third kappa shape index (κ3) is 3.01. The van der Waals surface area contributed by atoms with Gasteiger partial charge in [-0.2, -0.15) is 0 Å². The minimum absolute atomic E-state index is 0.289. The van der Waals surface area contributed by atoms with Crippen LogP contribution in [0.4, 0.5) is 0 Å². The molecule has 2 aliphatic rings. The van der Waals surface area contributed by atoms with Gasteiger partial charge in [0, 0.05) is 30.7 Å². The third-order valence-corrected chi connectivity index (χ3v) is 4.95. The van der Waals surface area contributed by atoms with Crippen molar-refractivity contribution in [1.82, 2.24) is 9.97 Å². The molecule has 2 aromatic rings. The van der Waals surface area contributed by atoms with E-state index >= 15 is 0 Å². The van der Waals surface area contributed by atoms with E-state index in [1.165, 1.54) is 0 Å². The Hall–Kier alpha value is -1.98. The summed E-state index contributed by atoms with van der Waals surface area (Å²) < 4.78 is 16.8. The fourth-order valence-electron chi connectivity index (χ4n) is 3.57. The van der Waals surface area contributed by atoms with E-state index in [0.29, 0.717) is 11.8 Å². The van der Waals surface area contributed by atoms with E-state index in [4.69, 9.17) is 14.2 Å². The molecular formula is C19H22N2O3.